The van der Waals surface area contributed by atoms with E-state index in [2.05, 4.69) is 33.3 Å². The quantitative estimate of drug-likeness (QED) is 0.809. The number of piperidine rings is 1. The second-order valence-corrected chi connectivity index (χ2v) is 4.90. The van der Waals surface area contributed by atoms with E-state index in [1.54, 1.807) is 0 Å². The molecule has 3 rings (SSSR count). The summed E-state index contributed by atoms with van der Waals surface area (Å²) in [5.74, 6) is 1.75. The minimum atomic E-state index is 0.652. The molecule has 0 saturated carbocycles. The Morgan fingerprint density at radius 3 is 2.67 bits per heavy atom. The van der Waals surface area contributed by atoms with Crippen molar-refractivity contribution in [2.75, 3.05) is 18.0 Å². The number of hydrogen-bond donors (Lipinski definition) is 0. The van der Waals surface area contributed by atoms with Crippen molar-refractivity contribution in [1.29, 1.82) is 0 Å². The SMILES string of the molecule is Cn1cc(C2CCN(c3ccccn3)CC2)cn1. The number of nitrogens with zero attached hydrogens (tertiary/aromatic N) is 4. The van der Waals surface area contributed by atoms with E-state index in [9.17, 15) is 0 Å². The summed E-state index contributed by atoms with van der Waals surface area (Å²) >= 11 is 0. The molecule has 94 valence electrons. The van der Waals surface area contributed by atoms with Gasteiger partial charge in [0.15, 0.2) is 0 Å². The largest absolute Gasteiger partial charge is 0.357 e. The highest BCUT2D eigenvalue weighted by atomic mass is 15.2. The molecule has 0 atom stereocenters. The Kier molecular flexibility index (Phi) is 3.00. The van der Waals surface area contributed by atoms with Gasteiger partial charge in [-0.15, -0.1) is 0 Å². The minimum Gasteiger partial charge on any atom is -0.357 e. The Bertz CT molecular complexity index is 498. The topological polar surface area (TPSA) is 34.0 Å². The summed E-state index contributed by atoms with van der Waals surface area (Å²) in [7, 11) is 1.98. The highest BCUT2D eigenvalue weighted by Gasteiger charge is 2.21. The van der Waals surface area contributed by atoms with E-state index in [0.29, 0.717) is 5.92 Å². The first-order valence-electron chi connectivity index (χ1n) is 6.47. The Morgan fingerprint density at radius 1 is 1.22 bits per heavy atom. The number of rotatable bonds is 2. The Balaban J connectivity index is 1.65. The van der Waals surface area contributed by atoms with Crippen LogP contribution in [0.5, 0.6) is 0 Å². The number of aryl methyl sites for hydroxylation is 1. The van der Waals surface area contributed by atoms with Crippen LogP contribution in [0.3, 0.4) is 0 Å². The van der Waals surface area contributed by atoms with Gasteiger partial charge >= 0.3 is 0 Å². The molecule has 0 spiro atoms. The van der Waals surface area contributed by atoms with Gasteiger partial charge < -0.3 is 4.90 Å². The van der Waals surface area contributed by atoms with Crippen LogP contribution >= 0.6 is 0 Å². The maximum absolute atomic E-state index is 4.41. The van der Waals surface area contributed by atoms with Crippen LogP contribution < -0.4 is 4.90 Å². The van der Waals surface area contributed by atoms with Crippen LogP contribution in [0.4, 0.5) is 5.82 Å². The summed E-state index contributed by atoms with van der Waals surface area (Å²) in [5, 5.41) is 4.26. The second kappa shape index (κ2) is 4.80. The van der Waals surface area contributed by atoms with E-state index in [4.69, 9.17) is 0 Å². The fraction of sp³-hybridized carbons (Fsp3) is 0.429. The molecule has 0 unspecified atom stereocenters. The summed E-state index contributed by atoms with van der Waals surface area (Å²) in [4.78, 5) is 6.78. The van der Waals surface area contributed by atoms with Crippen molar-refractivity contribution >= 4 is 5.82 Å². The predicted molar refractivity (Wildman–Crippen MR) is 71.6 cm³/mol. The van der Waals surface area contributed by atoms with Crippen LogP contribution in [-0.2, 0) is 7.05 Å². The van der Waals surface area contributed by atoms with Crippen molar-refractivity contribution in [2.45, 2.75) is 18.8 Å². The summed E-state index contributed by atoms with van der Waals surface area (Å²) in [6.07, 6.45) is 8.37. The summed E-state index contributed by atoms with van der Waals surface area (Å²) in [6.45, 7) is 2.16. The van der Waals surface area contributed by atoms with E-state index < -0.39 is 0 Å². The van der Waals surface area contributed by atoms with Crippen molar-refractivity contribution in [3.05, 3.63) is 42.4 Å². The zero-order chi connectivity index (χ0) is 12.4. The van der Waals surface area contributed by atoms with Crippen LogP contribution in [0.2, 0.25) is 0 Å². The lowest BCUT2D eigenvalue weighted by molar-refractivity contribution is 0.502. The molecule has 0 N–H and O–H groups in total. The highest BCUT2D eigenvalue weighted by molar-refractivity contribution is 5.38. The third kappa shape index (κ3) is 2.23. The van der Waals surface area contributed by atoms with Crippen molar-refractivity contribution < 1.29 is 0 Å². The molecule has 1 aliphatic heterocycles. The molecule has 2 aromatic rings. The van der Waals surface area contributed by atoms with Gasteiger partial charge in [-0.2, -0.15) is 5.10 Å². The number of hydrogen-bond acceptors (Lipinski definition) is 3. The van der Waals surface area contributed by atoms with Crippen molar-refractivity contribution in [3.8, 4) is 0 Å². The number of pyridine rings is 1. The summed E-state index contributed by atoms with van der Waals surface area (Å²) in [6, 6.07) is 6.10. The zero-order valence-electron chi connectivity index (χ0n) is 10.7. The predicted octanol–water partition coefficient (Wildman–Crippen LogP) is 2.20. The first-order chi connectivity index (χ1) is 8.83. The van der Waals surface area contributed by atoms with Crippen LogP contribution in [0, 0.1) is 0 Å². The molecule has 4 nitrogen and oxygen atoms in total. The lowest BCUT2D eigenvalue weighted by atomic mass is 9.91. The van der Waals surface area contributed by atoms with Gasteiger partial charge in [-0.3, -0.25) is 4.68 Å². The number of anilines is 1. The van der Waals surface area contributed by atoms with Crippen molar-refractivity contribution in [2.24, 2.45) is 7.05 Å². The van der Waals surface area contributed by atoms with Gasteiger partial charge in [-0.05, 0) is 36.5 Å². The molecule has 3 heterocycles. The molecule has 1 fully saturated rings. The molecule has 1 aliphatic rings. The molecule has 1 saturated heterocycles. The van der Waals surface area contributed by atoms with Gasteiger partial charge in [0.1, 0.15) is 5.82 Å². The van der Waals surface area contributed by atoms with E-state index in [-0.39, 0.29) is 0 Å². The third-order valence-corrected chi connectivity index (χ3v) is 3.66. The maximum atomic E-state index is 4.41. The average Bonchev–Trinajstić information content (AvgIpc) is 2.87. The fourth-order valence-corrected chi connectivity index (χ4v) is 2.63. The van der Waals surface area contributed by atoms with Crippen molar-refractivity contribution in [3.63, 3.8) is 0 Å². The van der Waals surface area contributed by atoms with Crippen LogP contribution in [-0.4, -0.2) is 27.9 Å². The minimum absolute atomic E-state index is 0.652. The van der Waals surface area contributed by atoms with Crippen LogP contribution in [0.15, 0.2) is 36.8 Å². The molecule has 2 aromatic heterocycles. The van der Waals surface area contributed by atoms with Gasteiger partial charge in [0.25, 0.3) is 0 Å². The van der Waals surface area contributed by atoms with E-state index in [1.807, 2.05) is 30.2 Å². The molecule has 0 amide bonds. The molecule has 18 heavy (non-hydrogen) atoms. The molecule has 4 heteroatoms. The number of aromatic nitrogens is 3. The van der Waals surface area contributed by atoms with E-state index in [0.717, 1.165) is 18.9 Å². The van der Waals surface area contributed by atoms with Gasteiger partial charge in [0.2, 0.25) is 0 Å². The highest BCUT2D eigenvalue weighted by Crippen LogP contribution is 2.29. The first kappa shape index (κ1) is 11.3. The van der Waals surface area contributed by atoms with Crippen molar-refractivity contribution in [1.82, 2.24) is 14.8 Å². The van der Waals surface area contributed by atoms with Gasteiger partial charge in [0, 0.05) is 32.5 Å². The normalized spacial score (nSPS) is 17.1. The van der Waals surface area contributed by atoms with Crippen LogP contribution in [0.1, 0.15) is 24.3 Å². The second-order valence-electron chi connectivity index (χ2n) is 4.90. The van der Waals surface area contributed by atoms with E-state index in [1.165, 1.54) is 18.4 Å². The lowest BCUT2D eigenvalue weighted by Crippen LogP contribution is -2.33. The van der Waals surface area contributed by atoms with E-state index >= 15 is 0 Å². The summed E-state index contributed by atoms with van der Waals surface area (Å²) in [5.41, 5.74) is 1.37. The zero-order valence-corrected chi connectivity index (χ0v) is 10.7. The average molecular weight is 242 g/mol. The molecule has 0 aromatic carbocycles. The Morgan fingerprint density at radius 2 is 2.06 bits per heavy atom. The monoisotopic (exact) mass is 242 g/mol. The van der Waals surface area contributed by atoms with Gasteiger partial charge in [0.05, 0.1) is 6.20 Å². The maximum Gasteiger partial charge on any atom is 0.128 e. The standard InChI is InChI=1S/C14H18N4/c1-17-11-13(10-16-17)12-5-8-18(9-6-12)14-4-2-3-7-15-14/h2-4,7,10-12H,5-6,8-9H2,1H3. The fourth-order valence-electron chi connectivity index (χ4n) is 2.63. The molecular weight excluding hydrogens is 224 g/mol. The molecule has 0 radical (unpaired) electrons. The Labute approximate surface area is 107 Å². The molecular formula is C14H18N4. The molecule has 0 bridgehead atoms. The van der Waals surface area contributed by atoms with Gasteiger partial charge in [-0.1, -0.05) is 6.07 Å². The van der Waals surface area contributed by atoms with Gasteiger partial charge in [-0.25, -0.2) is 4.98 Å². The van der Waals surface area contributed by atoms with Crippen LogP contribution in [0.25, 0.3) is 0 Å². The third-order valence-electron chi connectivity index (χ3n) is 3.66. The smallest absolute Gasteiger partial charge is 0.128 e. The summed E-state index contributed by atoms with van der Waals surface area (Å²) < 4.78 is 1.89. The Hall–Kier alpha value is -1.84. The first-order valence-corrected chi connectivity index (χ1v) is 6.47. The lowest BCUT2D eigenvalue weighted by Gasteiger charge is -2.32. The molecule has 0 aliphatic carbocycles.